The maximum Gasteiger partial charge on any atom is 0.347 e. The van der Waals surface area contributed by atoms with Crippen molar-refractivity contribution in [3.63, 3.8) is 0 Å². The van der Waals surface area contributed by atoms with Crippen LogP contribution >= 0.6 is 0 Å². The number of rotatable bonds is 8. The summed E-state index contributed by atoms with van der Waals surface area (Å²) in [6, 6.07) is 8.29. The second kappa shape index (κ2) is 8.59. The Bertz CT molecular complexity index is 403. The van der Waals surface area contributed by atoms with Gasteiger partial charge in [-0.25, -0.2) is 4.79 Å². The lowest BCUT2D eigenvalue weighted by Gasteiger charge is -2.15. The van der Waals surface area contributed by atoms with E-state index in [1.54, 1.807) is 13.8 Å². The first-order chi connectivity index (χ1) is 9.56. The number of esters is 1. The fourth-order valence-corrected chi connectivity index (χ4v) is 1.99. The van der Waals surface area contributed by atoms with Crippen molar-refractivity contribution in [2.45, 2.75) is 46.3 Å². The third-order valence-electron chi connectivity index (χ3n) is 2.95. The van der Waals surface area contributed by atoms with E-state index in [0.29, 0.717) is 18.4 Å². The summed E-state index contributed by atoms with van der Waals surface area (Å²) < 4.78 is 10.5. The molecule has 0 aliphatic heterocycles. The van der Waals surface area contributed by atoms with Crippen molar-refractivity contribution in [1.29, 1.82) is 0 Å². The summed E-state index contributed by atoms with van der Waals surface area (Å²) in [7, 11) is 0. The van der Waals surface area contributed by atoms with Crippen LogP contribution in [0.5, 0.6) is 5.75 Å². The van der Waals surface area contributed by atoms with E-state index in [2.05, 4.69) is 19.2 Å². The molecule has 1 N–H and O–H groups in total. The standard InChI is InChI=1S/C16H25NO3/c1-5-17-12(3)11-14-7-9-15(10-8-14)20-13(4)16(18)19-6-2/h7-10,12-13,17H,5-6,11H2,1-4H3. The largest absolute Gasteiger partial charge is 0.479 e. The average Bonchev–Trinajstić information content (AvgIpc) is 2.41. The van der Waals surface area contributed by atoms with Gasteiger partial charge in [0.2, 0.25) is 0 Å². The van der Waals surface area contributed by atoms with Gasteiger partial charge in [0.15, 0.2) is 6.10 Å². The minimum atomic E-state index is -0.582. The molecule has 4 heteroatoms. The number of likely N-dealkylation sites (N-methyl/N-ethyl adjacent to an activating group) is 1. The fraction of sp³-hybridized carbons (Fsp3) is 0.562. The van der Waals surface area contributed by atoms with Crippen LogP contribution in [0.2, 0.25) is 0 Å². The Kier molecular flexibility index (Phi) is 7.09. The maximum absolute atomic E-state index is 11.5. The van der Waals surface area contributed by atoms with Crippen LogP contribution in [0.25, 0.3) is 0 Å². The van der Waals surface area contributed by atoms with Gasteiger partial charge in [-0.3, -0.25) is 0 Å². The highest BCUT2D eigenvalue weighted by atomic mass is 16.6. The first-order valence-electron chi connectivity index (χ1n) is 7.22. The van der Waals surface area contributed by atoms with Crippen LogP contribution in [0.1, 0.15) is 33.3 Å². The van der Waals surface area contributed by atoms with Crippen LogP contribution in [-0.2, 0) is 16.0 Å². The Morgan fingerprint density at radius 3 is 2.40 bits per heavy atom. The van der Waals surface area contributed by atoms with Gasteiger partial charge < -0.3 is 14.8 Å². The number of ether oxygens (including phenoxy) is 2. The zero-order valence-corrected chi connectivity index (χ0v) is 12.8. The number of carbonyl (C=O) groups is 1. The molecule has 4 nitrogen and oxygen atoms in total. The highest BCUT2D eigenvalue weighted by molar-refractivity contribution is 5.74. The second-order valence-corrected chi connectivity index (χ2v) is 4.82. The number of hydrogen-bond donors (Lipinski definition) is 1. The molecule has 0 fully saturated rings. The Labute approximate surface area is 121 Å². The topological polar surface area (TPSA) is 47.6 Å². The number of benzene rings is 1. The quantitative estimate of drug-likeness (QED) is 0.743. The van der Waals surface area contributed by atoms with Gasteiger partial charge in [0, 0.05) is 6.04 Å². The van der Waals surface area contributed by atoms with Crippen molar-refractivity contribution in [3.05, 3.63) is 29.8 Å². The normalized spacial score (nSPS) is 13.6. The van der Waals surface area contributed by atoms with E-state index in [0.717, 1.165) is 13.0 Å². The van der Waals surface area contributed by atoms with E-state index in [1.807, 2.05) is 24.3 Å². The third-order valence-corrected chi connectivity index (χ3v) is 2.95. The molecule has 0 aliphatic carbocycles. The molecule has 112 valence electrons. The van der Waals surface area contributed by atoms with Crippen LogP contribution in [0, 0.1) is 0 Å². The Balaban J connectivity index is 2.52. The molecule has 2 atom stereocenters. The van der Waals surface area contributed by atoms with Crippen LogP contribution in [0.4, 0.5) is 0 Å². The summed E-state index contributed by atoms with van der Waals surface area (Å²) in [5.41, 5.74) is 1.24. The van der Waals surface area contributed by atoms with Gasteiger partial charge in [-0.05, 0) is 51.4 Å². The molecule has 1 aromatic carbocycles. The molecule has 0 saturated carbocycles. The first kappa shape index (κ1) is 16.5. The van der Waals surface area contributed by atoms with Gasteiger partial charge in [-0.2, -0.15) is 0 Å². The van der Waals surface area contributed by atoms with E-state index in [9.17, 15) is 4.79 Å². The van der Waals surface area contributed by atoms with E-state index in [1.165, 1.54) is 5.56 Å². The molecular formula is C16H25NO3. The Hall–Kier alpha value is -1.55. The summed E-state index contributed by atoms with van der Waals surface area (Å²) in [6.45, 7) is 9.08. The van der Waals surface area contributed by atoms with Gasteiger partial charge >= 0.3 is 5.97 Å². The zero-order chi connectivity index (χ0) is 15.0. The molecule has 0 spiro atoms. The van der Waals surface area contributed by atoms with Crippen molar-refractivity contribution < 1.29 is 14.3 Å². The molecule has 2 unspecified atom stereocenters. The summed E-state index contributed by atoms with van der Waals surface area (Å²) in [6.07, 6.45) is 0.392. The van der Waals surface area contributed by atoms with Gasteiger partial charge in [0.1, 0.15) is 5.75 Å². The van der Waals surface area contributed by atoms with Crippen molar-refractivity contribution in [3.8, 4) is 5.75 Å². The summed E-state index contributed by atoms with van der Waals surface area (Å²) in [5.74, 6) is 0.350. The van der Waals surface area contributed by atoms with Crippen molar-refractivity contribution in [1.82, 2.24) is 5.32 Å². The fourth-order valence-electron chi connectivity index (χ4n) is 1.99. The number of hydrogen-bond acceptors (Lipinski definition) is 4. The van der Waals surface area contributed by atoms with Crippen LogP contribution < -0.4 is 10.1 Å². The van der Waals surface area contributed by atoms with Crippen LogP contribution in [0.3, 0.4) is 0 Å². The predicted molar refractivity (Wildman–Crippen MR) is 80.0 cm³/mol. The van der Waals surface area contributed by atoms with Crippen LogP contribution in [-0.4, -0.2) is 31.3 Å². The minimum Gasteiger partial charge on any atom is -0.479 e. The Morgan fingerprint density at radius 1 is 1.20 bits per heavy atom. The molecule has 0 amide bonds. The van der Waals surface area contributed by atoms with Gasteiger partial charge in [0.25, 0.3) is 0 Å². The smallest absolute Gasteiger partial charge is 0.347 e. The summed E-state index contributed by atoms with van der Waals surface area (Å²) >= 11 is 0. The molecule has 1 aromatic rings. The van der Waals surface area contributed by atoms with E-state index in [4.69, 9.17) is 9.47 Å². The van der Waals surface area contributed by atoms with E-state index in [-0.39, 0.29) is 5.97 Å². The highest BCUT2D eigenvalue weighted by Crippen LogP contribution is 2.15. The van der Waals surface area contributed by atoms with E-state index >= 15 is 0 Å². The molecule has 0 aromatic heterocycles. The molecule has 20 heavy (non-hydrogen) atoms. The molecule has 0 saturated heterocycles. The molecule has 0 heterocycles. The molecule has 0 radical (unpaired) electrons. The van der Waals surface area contributed by atoms with Crippen molar-refractivity contribution in [2.24, 2.45) is 0 Å². The number of nitrogens with one attached hydrogen (secondary N) is 1. The second-order valence-electron chi connectivity index (χ2n) is 4.82. The highest BCUT2D eigenvalue weighted by Gasteiger charge is 2.15. The zero-order valence-electron chi connectivity index (χ0n) is 12.8. The number of carbonyl (C=O) groups excluding carboxylic acids is 1. The Morgan fingerprint density at radius 2 is 1.85 bits per heavy atom. The molecule has 0 aliphatic rings. The SMILES string of the molecule is CCNC(C)Cc1ccc(OC(C)C(=O)OCC)cc1. The maximum atomic E-state index is 11.5. The van der Waals surface area contributed by atoms with Crippen molar-refractivity contribution in [2.75, 3.05) is 13.2 Å². The predicted octanol–water partition coefficient (Wildman–Crippen LogP) is 2.56. The summed E-state index contributed by atoms with van der Waals surface area (Å²) in [5, 5.41) is 3.38. The lowest BCUT2D eigenvalue weighted by Crippen LogP contribution is -2.27. The molecule has 0 bridgehead atoms. The molecular weight excluding hydrogens is 254 g/mol. The lowest BCUT2D eigenvalue weighted by atomic mass is 10.1. The van der Waals surface area contributed by atoms with E-state index < -0.39 is 6.10 Å². The van der Waals surface area contributed by atoms with Gasteiger partial charge in [0.05, 0.1) is 6.61 Å². The van der Waals surface area contributed by atoms with Crippen molar-refractivity contribution >= 4 is 5.97 Å². The third kappa shape index (κ3) is 5.61. The van der Waals surface area contributed by atoms with Crippen LogP contribution in [0.15, 0.2) is 24.3 Å². The molecule has 1 rings (SSSR count). The average molecular weight is 279 g/mol. The minimum absolute atomic E-state index is 0.336. The lowest BCUT2D eigenvalue weighted by molar-refractivity contribution is -0.150. The van der Waals surface area contributed by atoms with Gasteiger partial charge in [-0.15, -0.1) is 0 Å². The monoisotopic (exact) mass is 279 g/mol. The first-order valence-corrected chi connectivity index (χ1v) is 7.22. The van der Waals surface area contributed by atoms with Gasteiger partial charge in [-0.1, -0.05) is 19.1 Å². The summed E-state index contributed by atoms with van der Waals surface area (Å²) in [4.78, 5) is 11.5.